The minimum atomic E-state index is -4.76. The first-order chi connectivity index (χ1) is 13.8. The summed E-state index contributed by atoms with van der Waals surface area (Å²) in [4.78, 5) is 8.49. The Hall–Kier alpha value is -3.01. The van der Waals surface area contributed by atoms with Crippen LogP contribution in [0, 0.1) is 0 Å². The van der Waals surface area contributed by atoms with Crippen molar-refractivity contribution in [3.05, 3.63) is 70.3 Å². The van der Waals surface area contributed by atoms with E-state index in [1.165, 1.54) is 18.2 Å². The molecule has 1 heterocycles. The highest BCUT2D eigenvalue weighted by Crippen LogP contribution is 2.27. The van der Waals surface area contributed by atoms with E-state index in [-0.39, 0.29) is 18.2 Å². The summed E-state index contributed by atoms with van der Waals surface area (Å²) in [7, 11) is 0. The van der Waals surface area contributed by atoms with Gasteiger partial charge in [0.15, 0.2) is 0 Å². The van der Waals surface area contributed by atoms with Gasteiger partial charge in [-0.05, 0) is 39.7 Å². The van der Waals surface area contributed by atoms with E-state index in [2.05, 4.69) is 41.3 Å². The lowest BCUT2D eigenvalue weighted by molar-refractivity contribution is -0.274. The number of aromatic nitrogens is 2. The molecule has 4 N–H and O–H groups in total. The molecule has 0 fully saturated rings. The number of hydrogen-bond donors (Lipinski definition) is 3. The second-order valence-corrected chi connectivity index (χ2v) is 6.85. The van der Waals surface area contributed by atoms with Crippen LogP contribution in [0.3, 0.4) is 0 Å². The summed E-state index contributed by atoms with van der Waals surface area (Å²) in [5.41, 5.74) is 7.69. The van der Waals surface area contributed by atoms with Crippen LogP contribution in [0.15, 0.2) is 59.2 Å². The molecule has 0 amide bonds. The SMILES string of the molecule is Nc1ccc(CNc2nc(NCc3ccccc3OC(F)(F)F)ncc2Br)cc1. The molecule has 0 spiro atoms. The van der Waals surface area contributed by atoms with Gasteiger partial charge in [0, 0.05) is 30.5 Å². The lowest BCUT2D eigenvalue weighted by Crippen LogP contribution is -2.18. The number of para-hydroxylation sites is 1. The average molecular weight is 468 g/mol. The molecule has 0 saturated heterocycles. The quantitative estimate of drug-likeness (QED) is 0.426. The summed E-state index contributed by atoms with van der Waals surface area (Å²) >= 11 is 3.38. The Labute approximate surface area is 173 Å². The second kappa shape index (κ2) is 8.99. The number of alkyl halides is 3. The average Bonchev–Trinajstić information content (AvgIpc) is 2.67. The van der Waals surface area contributed by atoms with E-state index in [1.807, 2.05) is 12.1 Å². The van der Waals surface area contributed by atoms with Crippen molar-refractivity contribution >= 4 is 33.4 Å². The first-order valence-electron chi connectivity index (χ1n) is 8.48. The van der Waals surface area contributed by atoms with E-state index in [4.69, 9.17) is 5.73 Å². The van der Waals surface area contributed by atoms with E-state index in [1.54, 1.807) is 24.4 Å². The monoisotopic (exact) mass is 467 g/mol. The van der Waals surface area contributed by atoms with Crippen LogP contribution in [0.4, 0.5) is 30.6 Å². The Morgan fingerprint density at radius 2 is 1.72 bits per heavy atom. The standard InChI is InChI=1S/C19H17BrF3N5O/c20-15-11-27-18(28-17(15)25-9-12-5-7-14(24)8-6-12)26-10-13-3-1-2-4-16(13)29-19(21,22)23/h1-8,11H,9-10,24H2,(H2,25,26,27,28). The van der Waals surface area contributed by atoms with Crippen LogP contribution in [-0.2, 0) is 13.1 Å². The van der Waals surface area contributed by atoms with Crippen molar-refractivity contribution in [3.63, 3.8) is 0 Å². The Morgan fingerprint density at radius 3 is 2.45 bits per heavy atom. The third-order valence-electron chi connectivity index (χ3n) is 3.82. The number of nitrogens with one attached hydrogen (secondary N) is 2. The van der Waals surface area contributed by atoms with Crippen LogP contribution in [-0.4, -0.2) is 16.3 Å². The Morgan fingerprint density at radius 1 is 1.00 bits per heavy atom. The van der Waals surface area contributed by atoms with Crippen molar-refractivity contribution in [2.45, 2.75) is 19.5 Å². The number of hydrogen-bond acceptors (Lipinski definition) is 6. The Kier molecular flexibility index (Phi) is 6.42. The summed E-state index contributed by atoms with van der Waals surface area (Å²) in [6.45, 7) is 0.572. The molecule has 152 valence electrons. The molecule has 29 heavy (non-hydrogen) atoms. The molecule has 1 aromatic heterocycles. The predicted octanol–water partition coefficient (Wildman–Crippen LogP) is 4.94. The van der Waals surface area contributed by atoms with Crippen LogP contribution in [0.25, 0.3) is 0 Å². The van der Waals surface area contributed by atoms with Crippen molar-refractivity contribution in [1.29, 1.82) is 0 Å². The number of ether oxygens (including phenoxy) is 1. The smallest absolute Gasteiger partial charge is 0.405 e. The fourth-order valence-corrected chi connectivity index (χ4v) is 2.78. The van der Waals surface area contributed by atoms with Crippen LogP contribution >= 0.6 is 15.9 Å². The van der Waals surface area contributed by atoms with Crippen molar-refractivity contribution in [1.82, 2.24) is 9.97 Å². The Balaban J connectivity index is 1.66. The number of nitrogens with two attached hydrogens (primary N) is 1. The number of rotatable bonds is 7. The van der Waals surface area contributed by atoms with Crippen LogP contribution in [0.5, 0.6) is 5.75 Å². The lowest BCUT2D eigenvalue weighted by atomic mass is 10.2. The molecule has 0 saturated carbocycles. The highest BCUT2D eigenvalue weighted by atomic mass is 79.9. The van der Waals surface area contributed by atoms with E-state index >= 15 is 0 Å². The molecule has 3 rings (SSSR count). The molecule has 0 aliphatic heterocycles. The maximum atomic E-state index is 12.5. The highest BCUT2D eigenvalue weighted by molar-refractivity contribution is 9.10. The maximum Gasteiger partial charge on any atom is 0.573 e. The van der Waals surface area contributed by atoms with E-state index in [0.717, 1.165) is 5.56 Å². The first kappa shape index (κ1) is 20.7. The van der Waals surface area contributed by atoms with E-state index < -0.39 is 6.36 Å². The molecule has 6 nitrogen and oxygen atoms in total. The molecule has 10 heteroatoms. The van der Waals surface area contributed by atoms with Gasteiger partial charge in [0.05, 0.1) is 4.47 Å². The molecule has 0 unspecified atom stereocenters. The highest BCUT2D eigenvalue weighted by Gasteiger charge is 2.31. The van der Waals surface area contributed by atoms with Gasteiger partial charge in [-0.15, -0.1) is 13.2 Å². The third-order valence-corrected chi connectivity index (χ3v) is 4.40. The first-order valence-corrected chi connectivity index (χ1v) is 9.28. The fourth-order valence-electron chi connectivity index (χ4n) is 2.45. The maximum absolute atomic E-state index is 12.5. The number of nitrogens with zero attached hydrogens (tertiary/aromatic N) is 2. The van der Waals surface area contributed by atoms with Gasteiger partial charge in [-0.1, -0.05) is 30.3 Å². The zero-order valence-electron chi connectivity index (χ0n) is 15.0. The van der Waals surface area contributed by atoms with Gasteiger partial charge < -0.3 is 21.1 Å². The van der Waals surface area contributed by atoms with Crippen LogP contribution in [0.1, 0.15) is 11.1 Å². The third kappa shape index (κ3) is 6.24. The van der Waals surface area contributed by atoms with Gasteiger partial charge in [-0.3, -0.25) is 0 Å². The molecule has 2 aromatic carbocycles. The van der Waals surface area contributed by atoms with Crippen LogP contribution in [0.2, 0.25) is 0 Å². The second-order valence-electron chi connectivity index (χ2n) is 5.99. The number of halogens is 4. The molecular formula is C19H17BrF3N5O. The van der Waals surface area contributed by atoms with Gasteiger partial charge in [-0.25, -0.2) is 4.98 Å². The van der Waals surface area contributed by atoms with E-state index in [0.29, 0.717) is 28.1 Å². The topological polar surface area (TPSA) is 85.1 Å². The van der Waals surface area contributed by atoms with Gasteiger partial charge in [0.1, 0.15) is 11.6 Å². The minimum absolute atomic E-state index is 0.0608. The molecule has 3 aromatic rings. The molecule has 0 atom stereocenters. The minimum Gasteiger partial charge on any atom is -0.405 e. The van der Waals surface area contributed by atoms with Crippen molar-refractivity contribution in [2.75, 3.05) is 16.4 Å². The largest absolute Gasteiger partial charge is 0.573 e. The fraction of sp³-hybridized carbons (Fsp3) is 0.158. The van der Waals surface area contributed by atoms with Crippen molar-refractivity contribution < 1.29 is 17.9 Å². The molecule has 0 aliphatic carbocycles. The zero-order valence-corrected chi connectivity index (χ0v) is 16.6. The summed E-state index contributed by atoms with van der Waals surface area (Å²) in [6.07, 6.45) is -3.21. The summed E-state index contributed by atoms with van der Waals surface area (Å²) in [5, 5.41) is 6.09. The molecule has 0 bridgehead atoms. The van der Waals surface area contributed by atoms with E-state index in [9.17, 15) is 13.2 Å². The van der Waals surface area contributed by atoms with Crippen LogP contribution < -0.4 is 21.1 Å². The van der Waals surface area contributed by atoms with Gasteiger partial charge in [-0.2, -0.15) is 4.98 Å². The zero-order chi connectivity index (χ0) is 20.9. The van der Waals surface area contributed by atoms with Gasteiger partial charge >= 0.3 is 6.36 Å². The van der Waals surface area contributed by atoms with Gasteiger partial charge in [0.2, 0.25) is 5.95 Å². The molecule has 0 aliphatic rings. The van der Waals surface area contributed by atoms with Crippen molar-refractivity contribution in [3.8, 4) is 5.75 Å². The Bertz CT molecular complexity index is 967. The molecular weight excluding hydrogens is 451 g/mol. The van der Waals surface area contributed by atoms with Crippen molar-refractivity contribution in [2.24, 2.45) is 0 Å². The number of benzene rings is 2. The summed E-state index contributed by atoms with van der Waals surface area (Å²) in [6, 6.07) is 13.3. The molecule has 0 radical (unpaired) electrons. The number of anilines is 3. The summed E-state index contributed by atoms with van der Waals surface area (Å²) < 4.78 is 42.3. The number of nitrogen functional groups attached to an aromatic ring is 1. The lowest BCUT2D eigenvalue weighted by Gasteiger charge is -2.14. The predicted molar refractivity (Wildman–Crippen MR) is 108 cm³/mol. The summed E-state index contributed by atoms with van der Waals surface area (Å²) in [5.74, 6) is 0.528. The normalized spacial score (nSPS) is 11.2. The van der Waals surface area contributed by atoms with Gasteiger partial charge in [0.25, 0.3) is 0 Å².